The Bertz CT molecular complexity index is 792. The van der Waals surface area contributed by atoms with Crippen molar-refractivity contribution >= 4 is 39.3 Å². The van der Waals surface area contributed by atoms with Crippen molar-refractivity contribution in [3.05, 3.63) is 63.1 Å². The molecular weight excluding hydrogens is 402 g/mol. The number of fused-ring (bicyclic) bond motifs is 1. The summed E-state index contributed by atoms with van der Waals surface area (Å²) in [6.07, 6.45) is 4.03. The number of hydrogen-bond donors (Lipinski definition) is 0. The molecule has 2 aromatic rings. The average molecular weight is 421 g/mol. The van der Waals surface area contributed by atoms with E-state index in [-0.39, 0.29) is 18.7 Å². The highest BCUT2D eigenvalue weighted by Gasteiger charge is 2.41. The molecule has 1 unspecified atom stereocenters. The Morgan fingerprint density at radius 3 is 2.68 bits per heavy atom. The highest BCUT2D eigenvalue weighted by Crippen LogP contribution is 2.45. The summed E-state index contributed by atoms with van der Waals surface area (Å²) >= 11 is 9.73. The van der Waals surface area contributed by atoms with E-state index in [4.69, 9.17) is 16.3 Å². The first-order valence-electron chi connectivity index (χ1n) is 8.61. The highest BCUT2D eigenvalue weighted by molar-refractivity contribution is 9.10. The van der Waals surface area contributed by atoms with Crippen LogP contribution in [-0.2, 0) is 17.8 Å². The quantitative estimate of drug-likeness (QED) is 0.612. The summed E-state index contributed by atoms with van der Waals surface area (Å²) in [5.41, 5.74) is 3.03. The van der Waals surface area contributed by atoms with Crippen molar-refractivity contribution in [3.8, 4) is 0 Å². The molecule has 2 aromatic carbocycles. The van der Waals surface area contributed by atoms with Gasteiger partial charge in [0.05, 0.1) is 10.7 Å². The molecule has 1 heterocycles. The summed E-state index contributed by atoms with van der Waals surface area (Å²) < 4.78 is 6.45. The number of carbonyl (C=O) groups is 1. The number of halogens is 2. The maximum absolute atomic E-state index is 12.9. The maximum atomic E-state index is 12.9. The van der Waals surface area contributed by atoms with E-state index in [1.807, 2.05) is 47.4 Å². The monoisotopic (exact) mass is 419 g/mol. The van der Waals surface area contributed by atoms with Crippen LogP contribution in [0.3, 0.4) is 0 Å². The van der Waals surface area contributed by atoms with Gasteiger partial charge in [0.15, 0.2) is 0 Å². The first-order valence-corrected chi connectivity index (χ1v) is 9.78. The van der Waals surface area contributed by atoms with E-state index in [0.29, 0.717) is 10.9 Å². The number of ether oxygens (including phenoxy) is 1. The zero-order chi connectivity index (χ0) is 17.4. The third-order valence-corrected chi connectivity index (χ3v) is 6.19. The Balaban J connectivity index is 1.60. The summed E-state index contributed by atoms with van der Waals surface area (Å²) in [4.78, 5) is 14.8. The van der Waals surface area contributed by atoms with Crippen LogP contribution in [-0.4, -0.2) is 12.1 Å². The molecule has 0 N–H and O–H groups in total. The molecule has 0 saturated heterocycles. The van der Waals surface area contributed by atoms with Crippen LogP contribution in [0.1, 0.15) is 30.4 Å². The minimum absolute atomic E-state index is 0.226. The number of rotatable bonds is 3. The zero-order valence-corrected chi connectivity index (χ0v) is 16.1. The minimum atomic E-state index is -0.268. The fraction of sp³-hybridized carbons (Fsp3) is 0.350. The Kier molecular flexibility index (Phi) is 4.74. The van der Waals surface area contributed by atoms with Crippen LogP contribution in [0.25, 0.3) is 0 Å². The lowest BCUT2D eigenvalue weighted by molar-refractivity contribution is 0.142. The first kappa shape index (κ1) is 16.9. The maximum Gasteiger partial charge on any atom is 0.414 e. The Labute approximate surface area is 161 Å². The van der Waals surface area contributed by atoms with E-state index in [2.05, 4.69) is 15.9 Å². The molecular formula is C20H19BrClNO2. The molecule has 1 aliphatic carbocycles. The van der Waals surface area contributed by atoms with Gasteiger partial charge >= 0.3 is 6.09 Å². The van der Waals surface area contributed by atoms with Crippen LogP contribution in [0.15, 0.2) is 46.9 Å². The van der Waals surface area contributed by atoms with Crippen molar-refractivity contribution in [3.63, 3.8) is 0 Å². The summed E-state index contributed by atoms with van der Waals surface area (Å²) in [6.45, 7) is 0.289. The van der Waals surface area contributed by atoms with Crippen molar-refractivity contribution < 1.29 is 9.53 Å². The molecule has 5 heteroatoms. The van der Waals surface area contributed by atoms with Gasteiger partial charge in [-0.15, -0.1) is 0 Å². The molecule has 0 aromatic heterocycles. The number of carbonyl (C=O) groups excluding carboxylic acids is 1. The van der Waals surface area contributed by atoms with E-state index in [0.717, 1.165) is 34.1 Å². The van der Waals surface area contributed by atoms with Gasteiger partial charge in [0.1, 0.15) is 6.61 Å². The van der Waals surface area contributed by atoms with Gasteiger partial charge < -0.3 is 4.74 Å². The normalized spacial score (nSPS) is 19.4. The number of aryl methyl sites for hydroxylation is 1. The zero-order valence-electron chi connectivity index (χ0n) is 13.8. The van der Waals surface area contributed by atoms with Gasteiger partial charge in [-0.3, -0.25) is 4.90 Å². The smallest absolute Gasteiger partial charge is 0.414 e. The molecule has 25 heavy (non-hydrogen) atoms. The third-order valence-electron chi connectivity index (χ3n) is 4.99. The molecule has 0 bridgehead atoms. The lowest BCUT2D eigenvalue weighted by Crippen LogP contribution is -2.45. The molecule has 1 amide bonds. The van der Waals surface area contributed by atoms with E-state index >= 15 is 0 Å². The van der Waals surface area contributed by atoms with Crippen LogP contribution in [0.4, 0.5) is 10.5 Å². The van der Waals surface area contributed by atoms with Crippen LogP contribution in [0, 0.1) is 5.92 Å². The van der Waals surface area contributed by atoms with Crippen molar-refractivity contribution in [2.75, 3.05) is 4.90 Å². The molecule has 1 saturated carbocycles. The number of hydrogen-bond acceptors (Lipinski definition) is 2. The highest BCUT2D eigenvalue weighted by atomic mass is 79.9. The third kappa shape index (κ3) is 3.56. The van der Waals surface area contributed by atoms with E-state index < -0.39 is 0 Å². The summed E-state index contributed by atoms with van der Waals surface area (Å²) in [5.74, 6) is 0.590. The number of benzene rings is 2. The Hall–Kier alpha value is -1.52. The van der Waals surface area contributed by atoms with Gasteiger partial charge in [0, 0.05) is 10.5 Å². The molecule has 4 rings (SSSR count). The summed E-state index contributed by atoms with van der Waals surface area (Å²) in [7, 11) is 0. The van der Waals surface area contributed by atoms with Gasteiger partial charge in [0.2, 0.25) is 0 Å². The second kappa shape index (κ2) is 7.00. The molecule has 0 spiro atoms. The van der Waals surface area contributed by atoms with E-state index in [9.17, 15) is 4.79 Å². The van der Waals surface area contributed by atoms with Crippen LogP contribution < -0.4 is 4.90 Å². The van der Waals surface area contributed by atoms with E-state index in [1.165, 1.54) is 12.8 Å². The van der Waals surface area contributed by atoms with Gasteiger partial charge in [-0.05, 0) is 70.8 Å². The largest absolute Gasteiger partial charge is 0.444 e. The van der Waals surface area contributed by atoms with Crippen molar-refractivity contribution in [2.45, 2.75) is 38.3 Å². The fourth-order valence-corrected chi connectivity index (χ4v) is 4.08. The predicted molar refractivity (Wildman–Crippen MR) is 103 cm³/mol. The van der Waals surface area contributed by atoms with Crippen molar-refractivity contribution in [2.24, 2.45) is 5.92 Å². The van der Waals surface area contributed by atoms with Gasteiger partial charge in [-0.1, -0.05) is 41.9 Å². The molecule has 2 aliphatic rings. The predicted octanol–water partition coefficient (Wildman–Crippen LogP) is 5.97. The average Bonchev–Trinajstić information content (AvgIpc) is 3.46. The summed E-state index contributed by atoms with van der Waals surface area (Å²) in [6, 6.07) is 13.9. The Morgan fingerprint density at radius 1 is 1.20 bits per heavy atom. The first-order chi connectivity index (χ1) is 12.1. The van der Waals surface area contributed by atoms with Crippen LogP contribution in [0.5, 0.6) is 0 Å². The topological polar surface area (TPSA) is 29.5 Å². The lowest BCUT2D eigenvalue weighted by Gasteiger charge is -2.37. The second-order valence-electron chi connectivity index (χ2n) is 6.75. The Morgan fingerprint density at radius 2 is 1.96 bits per heavy atom. The second-order valence-corrected chi connectivity index (χ2v) is 8.01. The van der Waals surface area contributed by atoms with Crippen LogP contribution in [0.2, 0.25) is 5.02 Å². The fourth-order valence-electron chi connectivity index (χ4n) is 3.56. The minimum Gasteiger partial charge on any atom is -0.444 e. The molecule has 1 aliphatic heterocycles. The van der Waals surface area contributed by atoms with Crippen molar-refractivity contribution in [1.29, 1.82) is 0 Å². The molecule has 1 atom stereocenters. The standard InChI is InChI=1S/C20H19BrClNO2/c21-16-11-19-15(10-17(16)22)8-9-18(14-6-7-14)23(19)20(24)25-12-13-4-2-1-3-5-13/h1-5,10-11,14,18H,6-9,12H2. The van der Waals surface area contributed by atoms with Gasteiger partial charge in [0.25, 0.3) is 0 Å². The SMILES string of the molecule is O=C(OCc1ccccc1)N1c2cc(Br)c(Cl)cc2CCC1C1CC1. The number of anilines is 1. The molecule has 130 valence electrons. The van der Waals surface area contributed by atoms with E-state index in [1.54, 1.807) is 0 Å². The lowest BCUT2D eigenvalue weighted by atomic mass is 9.93. The molecule has 1 fully saturated rings. The molecule has 3 nitrogen and oxygen atoms in total. The number of amides is 1. The van der Waals surface area contributed by atoms with Gasteiger partial charge in [-0.25, -0.2) is 4.79 Å². The van der Waals surface area contributed by atoms with Gasteiger partial charge in [-0.2, -0.15) is 0 Å². The van der Waals surface area contributed by atoms with Crippen LogP contribution >= 0.6 is 27.5 Å². The number of nitrogens with zero attached hydrogens (tertiary/aromatic N) is 1. The molecule has 0 radical (unpaired) electrons. The van der Waals surface area contributed by atoms with Crippen molar-refractivity contribution in [1.82, 2.24) is 0 Å². The summed E-state index contributed by atoms with van der Waals surface area (Å²) in [5, 5.41) is 0.682.